The number of hydrogen-bond acceptors (Lipinski definition) is 3. The summed E-state index contributed by atoms with van der Waals surface area (Å²) in [7, 11) is 0. The topological polar surface area (TPSA) is 55.2 Å². The van der Waals surface area contributed by atoms with E-state index >= 15 is 0 Å². The quantitative estimate of drug-likeness (QED) is 0.659. The SMILES string of the molecule is CCC1CCC(Nc2cc(F)ccc2[N+](=O)[O-])CC1. The van der Waals surface area contributed by atoms with Crippen molar-refractivity contribution in [3.05, 3.63) is 34.1 Å². The first-order valence-corrected chi connectivity index (χ1v) is 6.80. The number of nitro benzene ring substituents is 1. The van der Waals surface area contributed by atoms with Crippen molar-refractivity contribution < 1.29 is 9.31 Å². The second-order valence-electron chi connectivity index (χ2n) is 5.19. The van der Waals surface area contributed by atoms with E-state index in [2.05, 4.69) is 12.2 Å². The maximum absolute atomic E-state index is 13.2. The molecule has 0 bridgehead atoms. The highest BCUT2D eigenvalue weighted by molar-refractivity contribution is 5.61. The van der Waals surface area contributed by atoms with Crippen LogP contribution in [0.2, 0.25) is 0 Å². The molecule has 0 amide bonds. The monoisotopic (exact) mass is 266 g/mol. The molecule has 0 spiro atoms. The van der Waals surface area contributed by atoms with Crippen LogP contribution in [0.3, 0.4) is 0 Å². The predicted octanol–water partition coefficient (Wildman–Crippen LogP) is 4.11. The number of nitro groups is 1. The van der Waals surface area contributed by atoms with Crippen molar-refractivity contribution in [2.75, 3.05) is 5.32 Å². The number of anilines is 1. The lowest BCUT2D eigenvalue weighted by Gasteiger charge is -2.29. The summed E-state index contributed by atoms with van der Waals surface area (Å²) >= 11 is 0. The zero-order valence-electron chi connectivity index (χ0n) is 11.1. The number of benzene rings is 1. The van der Waals surface area contributed by atoms with Crippen LogP contribution in [-0.2, 0) is 0 Å². The van der Waals surface area contributed by atoms with Gasteiger partial charge in [0, 0.05) is 18.2 Å². The molecule has 104 valence electrons. The minimum Gasteiger partial charge on any atom is -0.377 e. The normalized spacial score (nSPS) is 23.1. The zero-order chi connectivity index (χ0) is 13.8. The number of hydrogen-bond donors (Lipinski definition) is 1. The molecular formula is C14H19FN2O2. The molecule has 1 aliphatic rings. The third-order valence-corrected chi connectivity index (χ3v) is 3.94. The lowest BCUT2D eigenvalue weighted by molar-refractivity contribution is -0.384. The molecule has 1 aromatic rings. The van der Waals surface area contributed by atoms with Gasteiger partial charge in [0.05, 0.1) is 4.92 Å². The van der Waals surface area contributed by atoms with Gasteiger partial charge < -0.3 is 5.32 Å². The lowest BCUT2D eigenvalue weighted by Crippen LogP contribution is -2.26. The highest BCUT2D eigenvalue weighted by Crippen LogP contribution is 2.31. The molecule has 2 rings (SSSR count). The van der Waals surface area contributed by atoms with Gasteiger partial charge in [-0.3, -0.25) is 10.1 Å². The van der Waals surface area contributed by atoms with Crippen molar-refractivity contribution >= 4 is 11.4 Å². The Bertz CT molecular complexity index is 457. The Morgan fingerprint density at radius 2 is 2.05 bits per heavy atom. The first-order valence-electron chi connectivity index (χ1n) is 6.80. The third-order valence-electron chi connectivity index (χ3n) is 3.94. The molecule has 19 heavy (non-hydrogen) atoms. The van der Waals surface area contributed by atoms with Gasteiger partial charge in [0.25, 0.3) is 5.69 Å². The second kappa shape index (κ2) is 5.99. The van der Waals surface area contributed by atoms with Crippen LogP contribution in [0.15, 0.2) is 18.2 Å². The molecule has 0 saturated heterocycles. The van der Waals surface area contributed by atoms with Crippen molar-refractivity contribution in [1.29, 1.82) is 0 Å². The average molecular weight is 266 g/mol. The maximum Gasteiger partial charge on any atom is 0.292 e. The molecule has 0 aromatic heterocycles. The van der Waals surface area contributed by atoms with Gasteiger partial charge in [0.2, 0.25) is 0 Å². The average Bonchev–Trinajstić information content (AvgIpc) is 2.39. The minimum absolute atomic E-state index is 0.0565. The van der Waals surface area contributed by atoms with Crippen LogP contribution >= 0.6 is 0 Å². The Morgan fingerprint density at radius 1 is 1.37 bits per heavy atom. The molecule has 1 aliphatic carbocycles. The van der Waals surface area contributed by atoms with E-state index in [1.807, 2.05) is 0 Å². The number of nitrogens with zero attached hydrogens (tertiary/aromatic N) is 1. The fraction of sp³-hybridized carbons (Fsp3) is 0.571. The van der Waals surface area contributed by atoms with Gasteiger partial charge in [-0.15, -0.1) is 0 Å². The molecule has 1 aromatic carbocycles. The first-order chi connectivity index (χ1) is 9.10. The van der Waals surface area contributed by atoms with Crippen molar-refractivity contribution in [2.45, 2.75) is 45.1 Å². The molecule has 0 unspecified atom stereocenters. The van der Waals surface area contributed by atoms with E-state index in [4.69, 9.17) is 0 Å². The Balaban J connectivity index is 2.06. The molecular weight excluding hydrogens is 247 g/mol. The van der Waals surface area contributed by atoms with Gasteiger partial charge in [0.15, 0.2) is 0 Å². The van der Waals surface area contributed by atoms with Crippen LogP contribution in [0.1, 0.15) is 39.0 Å². The van der Waals surface area contributed by atoms with Gasteiger partial charge in [-0.25, -0.2) is 4.39 Å². The largest absolute Gasteiger partial charge is 0.377 e. The molecule has 0 atom stereocenters. The first kappa shape index (κ1) is 13.8. The molecule has 0 aliphatic heterocycles. The van der Waals surface area contributed by atoms with Gasteiger partial charge in [-0.1, -0.05) is 13.3 Å². The zero-order valence-corrected chi connectivity index (χ0v) is 11.1. The van der Waals surface area contributed by atoms with Gasteiger partial charge in [-0.05, 0) is 37.7 Å². The van der Waals surface area contributed by atoms with Crippen LogP contribution in [0.4, 0.5) is 15.8 Å². The molecule has 5 heteroatoms. The van der Waals surface area contributed by atoms with E-state index < -0.39 is 10.7 Å². The van der Waals surface area contributed by atoms with E-state index in [9.17, 15) is 14.5 Å². The molecule has 1 saturated carbocycles. The standard InChI is InChI=1S/C14H19FN2O2/c1-2-10-3-6-12(7-4-10)16-13-9-11(15)5-8-14(13)17(18)19/h5,8-10,12,16H,2-4,6-7H2,1H3. The number of halogens is 1. The maximum atomic E-state index is 13.2. The van der Waals surface area contributed by atoms with E-state index in [0.717, 1.165) is 37.7 Å². The summed E-state index contributed by atoms with van der Waals surface area (Å²) in [6, 6.07) is 3.76. The Labute approximate surface area is 112 Å². The third kappa shape index (κ3) is 3.43. The summed E-state index contributed by atoms with van der Waals surface area (Å²) < 4.78 is 13.2. The summed E-state index contributed by atoms with van der Waals surface area (Å²) in [5.74, 6) is 0.316. The Kier molecular flexibility index (Phi) is 4.35. The van der Waals surface area contributed by atoms with Crippen LogP contribution in [0, 0.1) is 21.8 Å². The van der Waals surface area contributed by atoms with Crippen LogP contribution in [0.25, 0.3) is 0 Å². The molecule has 1 N–H and O–H groups in total. The highest BCUT2D eigenvalue weighted by Gasteiger charge is 2.22. The van der Waals surface area contributed by atoms with Crippen LogP contribution in [-0.4, -0.2) is 11.0 Å². The van der Waals surface area contributed by atoms with E-state index in [1.165, 1.54) is 18.6 Å². The molecule has 0 radical (unpaired) electrons. The lowest BCUT2D eigenvalue weighted by atomic mass is 9.84. The number of rotatable bonds is 4. The Hall–Kier alpha value is -1.65. The van der Waals surface area contributed by atoms with Crippen molar-refractivity contribution in [3.8, 4) is 0 Å². The summed E-state index contributed by atoms with van der Waals surface area (Å²) in [4.78, 5) is 10.4. The summed E-state index contributed by atoms with van der Waals surface area (Å²) in [6.07, 6.45) is 5.44. The predicted molar refractivity (Wildman–Crippen MR) is 72.7 cm³/mol. The smallest absolute Gasteiger partial charge is 0.292 e. The van der Waals surface area contributed by atoms with E-state index in [-0.39, 0.29) is 11.7 Å². The van der Waals surface area contributed by atoms with E-state index in [0.29, 0.717) is 5.69 Å². The van der Waals surface area contributed by atoms with Crippen LogP contribution < -0.4 is 5.32 Å². The van der Waals surface area contributed by atoms with E-state index in [1.54, 1.807) is 0 Å². The molecule has 4 nitrogen and oxygen atoms in total. The van der Waals surface area contributed by atoms with Crippen molar-refractivity contribution in [3.63, 3.8) is 0 Å². The summed E-state index contributed by atoms with van der Waals surface area (Å²) in [5.41, 5.74) is 0.240. The highest BCUT2D eigenvalue weighted by atomic mass is 19.1. The molecule has 0 heterocycles. The minimum atomic E-state index is -0.473. The van der Waals surface area contributed by atoms with Crippen LogP contribution in [0.5, 0.6) is 0 Å². The number of nitrogens with one attached hydrogen (secondary N) is 1. The summed E-state index contributed by atoms with van der Waals surface area (Å²) in [5, 5.41) is 14.1. The fourth-order valence-corrected chi connectivity index (χ4v) is 2.72. The fourth-order valence-electron chi connectivity index (χ4n) is 2.72. The van der Waals surface area contributed by atoms with Gasteiger partial charge in [0.1, 0.15) is 11.5 Å². The second-order valence-corrected chi connectivity index (χ2v) is 5.19. The van der Waals surface area contributed by atoms with Crippen molar-refractivity contribution in [2.24, 2.45) is 5.92 Å². The Morgan fingerprint density at radius 3 is 2.63 bits per heavy atom. The van der Waals surface area contributed by atoms with Gasteiger partial charge in [-0.2, -0.15) is 0 Å². The molecule has 1 fully saturated rings. The summed E-state index contributed by atoms with van der Waals surface area (Å²) in [6.45, 7) is 2.19. The van der Waals surface area contributed by atoms with Crippen molar-refractivity contribution in [1.82, 2.24) is 0 Å². The van der Waals surface area contributed by atoms with Gasteiger partial charge >= 0.3 is 0 Å².